The number of aromatic hydroxyl groups is 1. The molecule has 3 amide bonds. The maximum atomic E-state index is 12.2. The molecule has 8 nitrogen and oxygen atoms in total. The number of nitrogens with one attached hydrogen (secondary N) is 3. The van der Waals surface area contributed by atoms with Crippen LogP contribution < -0.4 is 16.2 Å². The number of carbonyl (C=O) groups is 2. The number of aryl methyl sites for hydroxylation is 1. The molecule has 0 aliphatic heterocycles. The van der Waals surface area contributed by atoms with E-state index >= 15 is 0 Å². The molecule has 0 saturated carbocycles. The SMILES string of the molecule is CC(CCc1ccccc1)NC(=O)NNC(=O)c1nn(-c2ccccc2)cc1O. The minimum Gasteiger partial charge on any atom is -0.504 e. The molecule has 3 rings (SSSR count). The first-order valence-electron chi connectivity index (χ1n) is 9.28. The summed E-state index contributed by atoms with van der Waals surface area (Å²) in [5, 5.41) is 16.8. The second-order valence-corrected chi connectivity index (χ2v) is 6.62. The molecular weight excluding hydrogens is 370 g/mol. The van der Waals surface area contributed by atoms with Crippen molar-refractivity contribution < 1.29 is 14.7 Å². The van der Waals surface area contributed by atoms with Crippen LogP contribution >= 0.6 is 0 Å². The molecule has 1 atom stereocenters. The quantitative estimate of drug-likeness (QED) is 0.483. The van der Waals surface area contributed by atoms with Crippen molar-refractivity contribution in [2.24, 2.45) is 0 Å². The Labute approximate surface area is 168 Å². The summed E-state index contributed by atoms with van der Waals surface area (Å²) < 4.78 is 1.38. The third kappa shape index (κ3) is 5.58. The summed E-state index contributed by atoms with van der Waals surface area (Å²) in [5.41, 5.74) is 6.22. The second-order valence-electron chi connectivity index (χ2n) is 6.62. The van der Waals surface area contributed by atoms with Crippen molar-refractivity contribution in [1.82, 2.24) is 25.9 Å². The van der Waals surface area contributed by atoms with Gasteiger partial charge in [0.05, 0.1) is 11.9 Å². The molecule has 8 heteroatoms. The Morgan fingerprint density at radius 2 is 1.69 bits per heavy atom. The maximum absolute atomic E-state index is 12.2. The van der Waals surface area contributed by atoms with Gasteiger partial charge in [0.2, 0.25) is 0 Å². The van der Waals surface area contributed by atoms with Crippen molar-refractivity contribution in [2.75, 3.05) is 0 Å². The number of amides is 3. The van der Waals surface area contributed by atoms with Crippen LogP contribution in [-0.4, -0.2) is 32.9 Å². The van der Waals surface area contributed by atoms with Gasteiger partial charge in [0, 0.05) is 6.04 Å². The molecule has 1 unspecified atom stereocenters. The molecule has 0 spiro atoms. The molecule has 0 aliphatic rings. The average Bonchev–Trinajstić information content (AvgIpc) is 3.14. The predicted molar refractivity (Wildman–Crippen MR) is 109 cm³/mol. The van der Waals surface area contributed by atoms with Crippen molar-refractivity contribution in [2.45, 2.75) is 25.8 Å². The number of carbonyl (C=O) groups excluding carboxylic acids is 2. The standard InChI is InChI=1S/C21H23N5O3/c1-15(12-13-16-8-4-2-5-9-16)22-21(29)24-23-20(28)19-18(27)14-26(25-19)17-10-6-3-7-11-17/h2-11,14-15,27H,12-13H2,1H3,(H,23,28)(H2,22,24,29). The van der Waals surface area contributed by atoms with E-state index in [2.05, 4.69) is 21.3 Å². The Hall–Kier alpha value is -3.81. The monoisotopic (exact) mass is 393 g/mol. The zero-order valence-corrected chi connectivity index (χ0v) is 16.0. The Balaban J connectivity index is 1.47. The van der Waals surface area contributed by atoms with Gasteiger partial charge in [-0.3, -0.25) is 10.2 Å². The van der Waals surface area contributed by atoms with Crippen LogP contribution in [0.5, 0.6) is 5.75 Å². The Morgan fingerprint density at radius 3 is 2.38 bits per heavy atom. The molecule has 0 bridgehead atoms. The summed E-state index contributed by atoms with van der Waals surface area (Å²) in [7, 11) is 0. The summed E-state index contributed by atoms with van der Waals surface area (Å²) in [5.74, 6) is -1.01. The van der Waals surface area contributed by atoms with E-state index in [1.54, 1.807) is 12.1 Å². The highest BCUT2D eigenvalue weighted by Gasteiger charge is 2.18. The molecule has 0 radical (unpaired) electrons. The number of aromatic nitrogens is 2. The van der Waals surface area contributed by atoms with Gasteiger partial charge >= 0.3 is 6.03 Å². The first-order valence-corrected chi connectivity index (χ1v) is 9.28. The Bertz CT molecular complexity index is 957. The van der Waals surface area contributed by atoms with Crippen LogP contribution in [0.2, 0.25) is 0 Å². The fourth-order valence-corrected chi connectivity index (χ4v) is 2.77. The van der Waals surface area contributed by atoms with E-state index in [0.29, 0.717) is 5.69 Å². The van der Waals surface area contributed by atoms with Crippen LogP contribution in [0.4, 0.5) is 4.79 Å². The molecule has 150 valence electrons. The molecule has 2 aromatic carbocycles. The lowest BCUT2D eigenvalue weighted by Gasteiger charge is -2.14. The molecule has 0 saturated heterocycles. The number of benzene rings is 2. The van der Waals surface area contributed by atoms with Gasteiger partial charge in [0.25, 0.3) is 5.91 Å². The van der Waals surface area contributed by atoms with Crippen LogP contribution in [0.25, 0.3) is 5.69 Å². The van der Waals surface area contributed by atoms with Gasteiger partial charge in [0.15, 0.2) is 11.4 Å². The third-order valence-corrected chi connectivity index (χ3v) is 4.31. The van der Waals surface area contributed by atoms with Gasteiger partial charge in [-0.15, -0.1) is 0 Å². The normalized spacial score (nSPS) is 11.5. The Morgan fingerprint density at radius 1 is 1.03 bits per heavy atom. The number of para-hydroxylation sites is 1. The van der Waals surface area contributed by atoms with Gasteiger partial charge in [-0.2, -0.15) is 5.10 Å². The minimum absolute atomic E-state index is 0.0854. The summed E-state index contributed by atoms with van der Waals surface area (Å²) in [6.07, 6.45) is 2.92. The third-order valence-electron chi connectivity index (χ3n) is 4.31. The molecule has 0 fully saturated rings. The smallest absolute Gasteiger partial charge is 0.333 e. The van der Waals surface area contributed by atoms with Crippen LogP contribution in [-0.2, 0) is 6.42 Å². The molecular formula is C21H23N5O3. The van der Waals surface area contributed by atoms with Gasteiger partial charge in [-0.25, -0.2) is 14.9 Å². The number of urea groups is 1. The first-order chi connectivity index (χ1) is 14.0. The first kappa shape index (κ1) is 19.9. The predicted octanol–water partition coefficient (Wildman–Crippen LogP) is 2.54. The average molecular weight is 393 g/mol. The van der Waals surface area contributed by atoms with Gasteiger partial charge in [-0.05, 0) is 37.5 Å². The van der Waals surface area contributed by atoms with E-state index in [0.717, 1.165) is 12.8 Å². The molecule has 3 aromatic rings. The number of hydrogen-bond donors (Lipinski definition) is 4. The largest absolute Gasteiger partial charge is 0.504 e. The topological polar surface area (TPSA) is 108 Å². The maximum Gasteiger partial charge on any atom is 0.333 e. The van der Waals surface area contributed by atoms with Crippen LogP contribution in [0.3, 0.4) is 0 Å². The minimum atomic E-state index is -0.718. The lowest BCUT2D eigenvalue weighted by molar-refractivity contribution is 0.0927. The molecule has 0 aliphatic carbocycles. The fourth-order valence-electron chi connectivity index (χ4n) is 2.77. The van der Waals surface area contributed by atoms with E-state index in [4.69, 9.17) is 0 Å². The summed E-state index contributed by atoms with van der Waals surface area (Å²) in [4.78, 5) is 24.2. The van der Waals surface area contributed by atoms with Gasteiger partial charge < -0.3 is 10.4 Å². The molecule has 1 aromatic heterocycles. The van der Waals surface area contributed by atoms with Crippen molar-refractivity contribution in [3.63, 3.8) is 0 Å². The number of nitrogens with zero attached hydrogens (tertiary/aromatic N) is 2. The van der Waals surface area contributed by atoms with E-state index in [9.17, 15) is 14.7 Å². The zero-order chi connectivity index (χ0) is 20.6. The number of hydrogen-bond acceptors (Lipinski definition) is 4. The van der Waals surface area contributed by atoms with E-state index in [-0.39, 0.29) is 17.5 Å². The zero-order valence-electron chi connectivity index (χ0n) is 16.0. The van der Waals surface area contributed by atoms with Crippen molar-refractivity contribution in [3.05, 3.63) is 78.1 Å². The Kier molecular flexibility index (Phi) is 6.47. The fraction of sp³-hybridized carbons (Fsp3) is 0.190. The number of hydrazine groups is 1. The van der Waals surface area contributed by atoms with E-state index < -0.39 is 11.9 Å². The highest BCUT2D eigenvalue weighted by atomic mass is 16.3. The van der Waals surface area contributed by atoms with Crippen LogP contribution in [0.15, 0.2) is 66.9 Å². The molecule has 1 heterocycles. The highest BCUT2D eigenvalue weighted by molar-refractivity contribution is 5.95. The van der Waals surface area contributed by atoms with Crippen molar-refractivity contribution in [3.8, 4) is 11.4 Å². The van der Waals surface area contributed by atoms with Crippen LogP contribution in [0.1, 0.15) is 29.4 Å². The van der Waals surface area contributed by atoms with Crippen molar-refractivity contribution >= 4 is 11.9 Å². The van der Waals surface area contributed by atoms with Gasteiger partial charge in [-0.1, -0.05) is 48.5 Å². The lowest BCUT2D eigenvalue weighted by Crippen LogP contribution is -2.49. The van der Waals surface area contributed by atoms with Crippen LogP contribution in [0, 0.1) is 0 Å². The van der Waals surface area contributed by atoms with Crippen molar-refractivity contribution in [1.29, 1.82) is 0 Å². The van der Waals surface area contributed by atoms with Gasteiger partial charge in [0.1, 0.15) is 0 Å². The highest BCUT2D eigenvalue weighted by Crippen LogP contribution is 2.17. The summed E-state index contributed by atoms with van der Waals surface area (Å²) in [6, 6.07) is 18.4. The number of rotatable bonds is 6. The van der Waals surface area contributed by atoms with E-state index in [1.807, 2.05) is 55.5 Å². The van der Waals surface area contributed by atoms with E-state index in [1.165, 1.54) is 16.4 Å². The lowest BCUT2D eigenvalue weighted by atomic mass is 10.1. The molecule has 29 heavy (non-hydrogen) atoms. The second kappa shape index (κ2) is 9.41. The summed E-state index contributed by atoms with van der Waals surface area (Å²) >= 11 is 0. The summed E-state index contributed by atoms with van der Waals surface area (Å²) in [6.45, 7) is 1.89. The molecule has 4 N–H and O–H groups in total.